The van der Waals surface area contributed by atoms with Gasteiger partial charge in [0.15, 0.2) is 11.7 Å². The first-order valence-electron chi connectivity index (χ1n) is 9.67. The third-order valence-corrected chi connectivity index (χ3v) is 4.76. The van der Waals surface area contributed by atoms with Gasteiger partial charge in [0.2, 0.25) is 0 Å². The lowest BCUT2D eigenvalue weighted by Crippen LogP contribution is -2.38. The number of ether oxygens (including phenoxy) is 1. The molecule has 2 aromatic rings. The molecule has 0 aliphatic rings. The van der Waals surface area contributed by atoms with Crippen LogP contribution in [0, 0.1) is 0 Å². The Balaban J connectivity index is 0.00000480. The molecule has 0 aliphatic heterocycles. The van der Waals surface area contributed by atoms with Crippen molar-refractivity contribution < 1.29 is 23.0 Å². The second-order valence-electron chi connectivity index (χ2n) is 6.78. The number of guanidine groups is 1. The highest BCUT2D eigenvalue weighted by atomic mass is 127. The molecule has 2 rings (SSSR count). The molecule has 0 fully saturated rings. The number of rotatable bonds is 9. The molecule has 0 aliphatic carbocycles. The zero-order chi connectivity index (χ0) is 22.1. The van der Waals surface area contributed by atoms with Gasteiger partial charge in [0.05, 0.1) is 23.8 Å². The highest BCUT2D eigenvalue weighted by molar-refractivity contribution is 14.0. The van der Waals surface area contributed by atoms with E-state index in [1.165, 1.54) is 0 Å². The quantitative estimate of drug-likeness (QED) is 0.236. The predicted molar refractivity (Wildman–Crippen MR) is 127 cm³/mol. The molecule has 0 spiro atoms. The molecule has 6 nitrogen and oxygen atoms in total. The van der Waals surface area contributed by atoms with Gasteiger partial charge in [0, 0.05) is 24.9 Å². The topological polar surface area (TPSA) is 78.8 Å². The van der Waals surface area contributed by atoms with E-state index in [9.17, 15) is 18.3 Å². The number of thiazole rings is 1. The van der Waals surface area contributed by atoms with Crippen molar-refractivity contribution in [3.63, 3.8) is 0 Å². The molecule has 0 radical (unpaired) electrons. The van der Waals surface area contributed by atoms with Crippen LogP contribution in [0.25, 0.3) is 0 Å². The van der Waals surface area contributed by atoms with E-state index in [1.54, 1.807) is 12.1 Å². The Morgan fingerprint density at radius 2 is 2.03 bits per heavy atom. The Labute approximate surface area is 201 Å². The molecule has 3 N–H and O–H groups in total. The molecule has 0 bridgehead atoms. The average Bonchev–Trinajstić information content (AvgIpc) is 3.15. The summed E-state index contributed by atoms with van der Waals surface area (Å²) in [6, 6.07) is 7.22. The normalized spacial score (nSPS) is 13.0. The fourth-order valence-electron chi connectivity index (χ4n) is 2.54. The van der Waals surface area contributed by atoms with Crippen LogP contribution in [0.2, 0.25) is 0 Å². The Bertz CT molecular complexity index is 831. The fourth-order valence-corrected chi connectivity index (χ4v) is 3.34. The lowest BCUT2D eigenvalue weighted by molar-refractivity contribution is -0.140. The summed E-state index contributed by atoms with van der Waals surface area (Å²) in [5.74, 6) is 1.15. The molecule has 1 unspecified atom stereocenters. The van der Waals surface area contributed by atoms with Gasteiger partial charge in [-0.1, -0.05) is 12.1 Å². The van der Waals surface area contributed by atoms with Crippen LogP contribution in [0.5, 0.6) is 5.75 Å². The summed E-state index contributed by atoms with van der Waals surface area (Å²) < 4.78 is 43.5. The number of aliphatic hydroxyl groups is 1. The minimum Gasteiger partial charge on any atom is -0.491 e. The average molecular weight is 572 g/mol. The standard InChI is InChI=1S/C20H27F3N4O2S.HI/c1-4-24-19(25-9-8-18-27-17(12-30-18)20(21,22)23)26-11-16(28)14-6-5-7-15(10-14)29-13(2)3;/h5-7,10,12-13,16,28H,4,8-9,11H2,1-3H3,(H2,24,25,26);1H. The summed E-state index contributed by atoms with van der Waals surface area (Å²) in [6.45, 7) is 6.85. The van der Waals surface area contributed by atoms with Gasteiger partial charge in [0.25, 0.3) is 0 Å². The van der Waals surface area contributed by atoms with E-state index >= 15 is 0 Å². The summed E-state index contributed by atoms with van der Waals surface area (Å²) >= 11 is 0.979. The largest absolute Gasteiger partial charge is 0.491 e. The number of halogens is 4. The van der Waals surface area contributed by atoms with Crippen molar-refractivity contribution in [3.8, 4) is 5.75 Å². The molecule has 31 heavy (non-hydrogen) atoms. The maximum absolute atomic E-state index is 12.6. The van der Waals surface area contributed by atoms with Crippen LogP contribution in [0.15, 0.2) is 34.6 Å². The second kappa shape index (κ2) is 13.1. The highest BCUT2D eigenvalue weighted by Gasteiger charge is 2.33. The Hall–Kier alpha value is -1.60. The maximum atomic E-state index is 12.6. The first kappa shape index (κ1) is 27.4. The van der Waals surface area contributed by atoms with Gasteiger partial charge in [-0.05, 0) is 38.5 Å². The van der Waals surface area contributed by atoms with Crippen LogP contribution < -0.4 is 15.4 Å². The molecule has 11 heteroatoms. The first-order valence-corrected chi connectivity index (χ1v) is 10.6. The molecule has 1 heterocycles. The number of benzene rings is 1. The lowest BCUT2D eigenvalue weighted by Gasteiger charge is -2.15. The van der Waals surface area contributed by atoms with Crippen LogP contribution >= 0.6 is 35.3 Å². The lowest BCUT2D eigenvalue weighted by atomic mass is 10.1. The van der Waals surface area contributed by atoms with Crippen LogP contribution in [0.3, 0.4) is 0 Å². The van der Waals surface area contributed by atoms with Crippen molar-refractivity contribution in [1.29, 1.82) is 0 Å². The summed E-state index contributed by atoms with van der Waals surface area (Å²) in [5, 5.41) is 18.0. The molecule has 174 valence electrons. The molecule has 0 saturated heterocycles. The van der Waals surface area contributed by atoms with E-state index in [-0.39, 0.29) is 36.6 Å². The second-order valence-corrected chi connectivity index (χ2v) is 7.72. The van der Waals surface area contributed by atoms with Crippen molar-refractivity contribution in [2.75, 3.05) is 19.6 Å². The maximum Gasteiger partial charge on any atom is 0.434 e. The number of aromatic nitrogens is 1. The van der Waals surface area contributed by atoms with Crippen LogP contribution in [-0.4, -0.2) is 41.8 Å². The molecule has 0 amide bonds. The minimum atomic E-state index is -4.42. The van der Waals surface area contributed by atoms with Crippen LogP contribution in [0.4, 0.5) is 13.2 Å². The van der Waals surface area contributed by atoms with E-state index < -0.39 is 18.0 Å². The van der Waals surface area contributed by atoms with Crippen molar-refractivity contribution in [2.24, 2.45) is 4.99 Å². The van der Waals surface area contributed by atoms with E-state index in [0.29, 0.717) is 41.8 Å². The zero-order valence-electron chi connectivity index (χ0n) is 17.6. The number of hydrogen-bond donors (Lipinski definition) is 3. The van der Waals surface area contributed by atoms with Gasteiger partial charge in [-0.25, -0.2) is 4.98 Å². The van der Waals surface area contributed by atoms with Crippen molar-refractivity contribution in [3.05, 3.63) is 45.9 Å². The van der Waals surface area contributed by atoms with Gasteiger partial charge in [-0.3, -0.25) is 4.99 Å². The number of aliphatic hydroxyl groups excluding tert-OH is 1. The molecule has 1 aromatic carbocycles. The number of aliphatic imine (C=N–C) groups is 1. The van der Waals surface area contributed by atoms with Crippen molar-refractivity contribution >= 4 is 41.3 Å². The summed E-state index contributed by atoms with van der Waals surface area (Å²) in [4.78, 5) is 7.97. The Kier molecular flexibility index (Phi) is 11.6. The predicted octanol–water partition coefficient (Wildman–Crippen LogP) is 4.40. The molecule has 1 atom stereocenters. The number of alkyl halides is 3. The Morgan fingerprint density at radius 3 is 2.65 bits per heavy atom. The van der Waals surface area contributed by atoms with Gasteiger partial charge < -0.3 is 20.5 Å². The van der Waals surface area contributed by atoms with Gasteiger partial charge in [-0.2, -0.15) is 13.2 Å². The van der Waals surface area contributed by atoms with Crippen molar-refractivity contribution in [1.82, 2.24) is 15.6 Å². The number of nitrogens with one attached hydrogen (secondary N) is 2. The first-order chi connectivity index (χ1) is 14.2. The summed E-state index contributed by atoms with van der Waals surface area (Å²) in [6.07, 6.45) is -4.87. The molecule has 1 aromatic heterocycles. The van der Waals surface area contributed by atoms with E-state index in [1.807, 2.05) is 32.9 Å². The third kappa shape index (κ3) is 9.60. The Morgan fingerprint density at radius 1 is 1.29 bits per heavy atom. The van der Waals surface area contributed by atoms with Gasteiger partial charge in [-0.15, -0.1) is 35.3 Å². The van der Waals surface area contributed by atoms with E-state index in [0.717, 1.165) is 16.7 Å². The molecular formula is C20H28F3IN4O2S. The fraction of sp³-hybridized carbons (Fsp3) is 0.500. The van der Waals surface area contributed by atoms with E-state index in [4.69, 9.17) is 4.74 Å². The summed E-state index contributed by atoms with van der Waals surface area (Å²) in [5.41, 5.74) is -0.176. The van der Waals surface area contributed by atoms with Gasteiger partial charge in [0.1, 0.15) is 5.75 Å². The number of hydrogen-bond acceptors (Lipinski definition) is 5. The highest BCUT2D eigenvalue weighted by Crippen LogP contribution is 2.30. The van der Waals surface area contributed by atoms with E-state index in [2.05, 4.69) is 20.6 Å². The van der Waals surface area contributed by atoms with Crippen molar-refractivity contribution in [2.45, 2.75) is 45.6 Å². The summed E-state index contributed by atoms with van der Waals surface area (Å²) in [7, 11) is 0. The SMILES string of the molecule is CCNC(=NCC(O)c1cccc(OC(C)C)c1)NCCc1nc(C(F)(F)F)cs1.I. The number of nitrogens with zero attached hydrogens (tertiary/aromatic N) is 2. The van der Waals surface area contributed by atoms with Gasteiger partial charge >= 0.3 is 6.18 Å². The van der Waals surface area contributed by atoms with Crippen LogP contribution in [-0.2, 0) is 12.6 Å². The van der Waals surface area contributed by atoms with Crippen LogP contribution in [0.1, 0.15) is 43.1 Å². The third-order valence-electron chi connectivity index (χ3n) is 3.85. The minimum absolute atomic E-state index is 0. The zero-order valence-corrected chi connectivity index (χ0v) is 20.7. The molecule has 0 saturated carbocycles. The monoisotopic (exact) mass is 572 g/mol. The smallest absolute Gasteiger partial charge is 0.434 e. The molecular weight excluding hydrogens is 544 g/mol.